The molecular weight excluding hydrogens is 246 g/mol. The minimum Gasteiger partial charge on any atom is -0.271 e. The SMILES string of the molecule is Cc1ccncc1C(NN)c1snnc1C(C)C. The number of pyridine rings is 1. The standard InChI is InChI=1S/C12H17N5S/c1-7(2)10-12(18-17-16-10)11(15-13)9-6-14-5-4-8(9)3/h4-7,11,15H,13H2,1-3H3. The molecule has 0 saturated carbocycles. The maximum Gasteiger partial charge on any atom is 0.0855 e. The molecule has 0 aliphatic heterocycles. The summed E-state index contributed by atoms with van der Waals surface area (Å²) in [6.45, 7) is 6.25. The number of aryl methyl sites for hydroxylation is 1. The van der Waals surface area contributed by atoms with Crippen LogP contribution in [0, 0.1) is 6.92 Å². The number of hydrogen-bond donors (Lipinski definition) is 2. The van der Waals surface area contributed by atoms with E-state index < -0.39 is 0 Å². The van der Waals surface area contributed by atoms with E-state index in [0.29, 0.717) is 5.92 Å². The highest BCUT2D eigenvalue weighted by atomic mass is 32.1. The summed E-state index contributed by atoms with van der Waals surface area (Å²) in [4.78, 5) is 5.23. The van der Waals surface area contributed by atoms with Crippen LogP contribution in [0.15, 0.2) is 18.5 Å². The minimum absolute atomic E-state index is 0.101. The molecule has 0 bridgehead atoms. The molecule has 0 amide bonds. The van der Waals surface area contributed by atoms with Crippen LogP contribution in [0.2, 0.25) is 0 Å². The maximum atomic E-state index is 5.71. The zero-order valence-corrected chi connectivity index (χ0v) is 11.5. The molecule has 0 aliphatic rings. The Morgan fingerprint density at radius 2 is 2.17 bits per heavy atom. The molecule has 0 radical (unpaired) electrons. The number of aromatic nitrogens is 3. The maximum absolute atomic E-state index is 5.71. The van der Waals surface area contributed by atoms with E-state index in [9.17, 15) is 0 Å². The molecule has 1 atom stereocenters. The number of nitrogens with zero attached hydrogens (tertiary/aromatic N) is 3. The second-order valence-electron chi connectivity index (χ2n) is 4.51. The fourth-order valence-corrected chi connectivity index (χ4v) is 2.78. The average molecular weight is 263 g/mol. The zero-order chi connectivity index (χ0) is 13.1. The van der Waals surface area contributed by atoms with Crippen molar-refractivity contribution >= 4 is 11.5 Å². The topological polar surface area (TPSA) is 76.7 Å². The molecule has 0 spiro atoms. The Kier molecular flexibility index (Phi) is 4.00. The Morgan fingerprint density at radius 3 is 2.78 bits per heavy atom. The van der Waals surface area contributed by atoms with E-state index in [1.165, 1.54) is 11.5 Å². The Labute approximate surface area is 111 Å². The molecule has 0 fully saturated rings. The second kappa shape index (κ2) is 5.51. The van der Waals surface area contributed by atoms with Gasteiger partial charge in [-0.05, 0) is 41.6 Å². The first kappa shape index (κ1) is 13.1. The molecule has 2 heterocycles. The van der Waals surface area contributed by atoms with Gasteiger partial charge in [0.2, 0.25) is 0 Å². The van der Waals surface area contributed by atoms with Gasteiger partial charge in [-0.1, -0.05) is 18.3 Å². The van der Waals surface area contributed by atoms with Crippen LogP contribution in [-0.2, 0) is 0 Å². The molecule has 5 nitrogen and oxygen atoms in total. The van der Waals surface area contributed by atoms with Crippen molar-refractivity contribution in [3.05, 3.63) is 40.2 Å². The van der Waals surface area contributed by atoms with Crippen molar-refractivity contribution in [2.45, 2.75) is 32.7 Å². The third-order valence-corrected chi connectivity index (χ3v) is 3.71. The van der Waals surface area contributed by atoms with Gasteiger partial charge in [0.15, 0.2) is 0 Å². The van der Waals surface area contributed by atoms with E-state index >= 15 is 0 Å². The fourth-order valence-electron chi connectivity index (χ4n) is 1.89. The summed E-state index contributed by atoms with van der Waals surface area (Å²) in [7, 11) is 0. The quantitative estimate of drug-likeness (QED) is 0.651. The summed E-state index contributed by atoms with van der Waals surface area (Å²) in [5.41, 5.74) is 6.05. The monoisotopic (exact) mass is 263 g/mol. The van der Waals surface area contributed by atoms with Gasteiger partial charge >= 0.3 is 0 Å². The Hall–Kier alpha value is -1.37. The van der Waals surface area contributed by atoms with Crippen molar-refractivity contribution in [2.75, 3.05) is 0 Å². The number of rotatable bonds is 4. The molecule has 2 aromatic heterocycles. The first-order chi connectivity index (χ1) is 8.65. The predicted octanol–water partition coefficient (Wildman–Crippen LogP) is 1.92. The summed E-state index contributed by atoms with van der Waals surface area (Å²) in [6, 6.07) is 1.87. The van der Waals surface area contributed by atoms with Crippen molar-refractivity contribution in [3.63, 3.8) is 0 Å². The van der Waals surface area contributed by atoms with Gasteiger partial charge in [-0.25, -0.2) is 5.43 Å². The largest absolute Gasteiger partial charge is 0.271 e. The highest BCUT2D eigenvalue weighted by Gasteiger charge is 2.23. The fraction of sp³-hybridized carbons (Fsp3) is 0.417. The molecule has 3 N–H and O–H groups in total. The first-order valence-corrected chi connectivity index (χ1v) is 6.61. The molecule has 2 rings (SSSR count). The molecule has 0 aliphatic carbocycles. The van der Waals surface area contributed by atoms with Gasteiger partial charge in [-0.3, -0.25) is 10.8 Å². The van der Waals surface area contributed by atoms with Crippen LogP contribution in [0.1, 0.15) is 47.5 Å². The molecule has 18 heavy (non-hydrogen) atoms. The smallest absolute Gasteiger partial charge is 0.0855 e. The summed E-state index contributed by atoms with van der Waals surface area (Å²) < 4.78 is 4.04. The zero-order valence-electron chi connectivity index (χ0n) is 10.7. The van der Waals surface area contributed by atoms with Crippen LogP contribution in [0.5, 0.6) is 0 Å². The van der Waals surface area contributed by atoms with Gasteiger partial charge in [0, 0.05) is 12.4 Å². The normalized spacial score (nSPS) is 12.9. The van der Waals surface area contributed by atoms with Crippen LogP contribution in [-0.4, -0.2) is 14.6 Å². The highest BCUT2D eigenvalue weighted by Crippen LogP contribution is 2.31. The van der Waals surface area contributed by atoms with Crippen LogP contribution >= 0.6 is 11.5 Å². The third-order valence-electron chi connectivity index (χ3n) is 2.91. The molecule has 0 aromatic carbocycles. The van der Waals surface area contributed by atoms with E-state index in [2.05, 4.69) is 33.8 Å². The van der Waals surface area contributed by atoms with Gasteiger partial charge in [0.1, 0.15) is 0 Å². The van der Waals surface area contributed by atoms with Gasteiger partial charge in [0.25, 0.3) is 0 Å². The first-order valence-electron chi connectivity index (χ1n) is 5.84. The summed E-state index contributed by atoms with van der Waals surface area (Å²) in [6.07, 6.45) is 3.62. The lowest BCUT2D eigenvalue weighted by Gasteiger charge is -2.18. The molecule has 1 unspecified atom stereocenters. The Bertz CT molecular complexity index is 523. The van der Waals surface area contributed by atoms with Crippen LogP contribution in [0.4, 0.5) is 0 Å². The van der Waals surface area contributed by atoms with Crippen LogP contribution in [0.3, 0.4) is 0 Å². The van der Waals surface area contributed by atoms with Crippen molar-refractivity contribution in [1.29, 1.82) is 0 Å². The van der Waals surface area contributed by atoms with Gasteiger partial charge < -0.3 is 0 Å². The van der Waals surface area contributed by atoms with E-state index in [4.69, 9.17) is 5.84 Å². The van der Waals surface area contributed by atoms with Crippen molar-refractivity contribution in [1.82, 2.24) is 20.0 Å². The lowest BCUT2D eigenvalue weighted by Crippen LogP contribution is -2.29. The third kappa shape index (κ3) is 2.40. The second-order valence-corrected chi connectivity index (χ2v) is 5.29. The van der Waals surface area contributed by atoms with Gasteiger partial charge in [-0.2, -0.15) is 0 Å². The van der Waals surface area contributed by atoms with Crippen LogP contribution < -0.4 is 11.3 Å². The van der Waals surface area contributed by atoms with Gasteiger partial charge in [0.05, 0.1) is 16.6 Å². The number of nitrogens with one attached hydrogen (secondary N) is 1. The lowest BCUT2D eigenvalue weighted by atomic mass is 9.99. The van der Waals surface area contributed by atoms with Crippen molar-refractivity contribution in [3.8, 4) is 0 Å². The summed E-state index contributed by atoms with van der Waals surface area (Å²) in [5.74, 6) is 6.03. The number of hydrogen-bond acceptors (Lipinski definition) is 6. The summed E-state index contributed by atoms with van der Waals surface area (Å²) in [5, 5.41) is 4.19. The Balaban J connectivity index is 2.46. The van der Waals surface area contributed by atoms with Crippen molar-refractivity contribution in [2.24, 2.45) is 5.84 Å². The predicted molar refractivity (Wildman–Crippen MR) is 72.1 cm³/mol. The highest BCUT2D eigenvalue weighted by molar-refractivity contribution is 7.05. The van der Waals surface area contributed by atoms with Crippen LogP contribution in [0.25, 0.3) is 0 Å². The lowest BCUT2D eigenvalue weighted by molar-refractivity contribution is 0.626. The molecule has 0 saturated heterocycles. The van der Waals surface area contributed by atoms with Crippen molar-refractivity contribution < 1.29 is 0 Å². The summed E-state index contributed by atoms with van der Waals surface area (Å²) >= 11 is 1.38. The number of hydrazine groups is 1. The van der Waals surface area contributed by atoms with E-state index in [1.54, 1.807) is 6.20 Å². The molecule has 96 valence electrons. The van der Waals surface area contributed by atoms with E-state index in [1.807, 2.05) is 19.2 Å². The van der Waals surface area contributed by atoms with E-state index in [0.717, 1.165) is 21.7 Å². The van der Waals surface area contributed by atoms with E-state index in [-0.39, 0.29) is 6.04 Å². The Morgan fingerprint density at radius 1 is 1.39 bits per heavy atom. The number of nitrogens with two attached hydrogens (primary N) is 1. The van der Waals surface area contributed by atoms with Gasteiger partial charge in [-0.15, -0.1) is 5.10 Å². The molecular formula is C12H17N5S. The molecule has 6 heteroatoms. The average Bonchev–Trinajstić information content (AvgIpc) is 2.82. The minimum atomic E-state index is -0.101. The molecule has 2 aromatic rings.